The van der Waals surface area contributed by atoms with Crippen LogP contribution in [0, 0.1) is 5.82 Å². The molecule has 1 aliphatic rings. The van der Waals surface area contributed by atoms with Crippen molar-refractivity contribution in [2.45, 2.75) is 31.5 Å². The summed E-state index contributed by atoms with van der Waals surface area (Å²) in [7, 11) is 1.64. The van der Waals surface area contributed by atoms with E-state index in [2.05, 4.69) is 25.2 Å². The maximum absolute atomic E-state index is 13.8. The van der Waals surface area contributed by atoms with Crippen LogP contribution >= 0.6 is 0 Å². The van der Waals surface area contributed by atoms with E-state index in [-0.39, 0.29) is 5.82 Å². The predicted molar refractivity (Wildman–Crippen MR) is 126 cm³/mol. The van der Waals surface area contributed by atoms with Gasteiger partial charge in [0.25, 0.3) is 0 Å². The van der Waals surface area contributed by atoms with Gasteiger partial charge in [0.2, 0.25) is 0 Å². The number of rotatable bonds is 7. The van der Waals surface area contributed by atoms with Crippen molar-refractivity contribution in [3.63, 3.8) is 0 Å². The number of H-pyrrole nitrogens is 1. The van der Waals surface area contributed by atoms with Crippen LogP contribution in [0.1, 0.15) is 30.3 Å². The molecule has 2 aromatic heterocycles. The minimum atomic E-state index is -0.599. The Bertz CT molecular complexity index is 1250. The number of hydrogen-bond acceptors (Lipinski definition) is 6. The van der Waals surface area contributed by atoms with Crippen molar-refractivity contribution in [1.29, 1.82) is 0 Å². The van der Waals surface area contributed by atoms with Gasteiger partial charge in [-0.15, -0.1) is 0 Å². The Labute approximate surface area is 191 Å². The van der Waals surface area contributed by atoms with Crippen molar-refractivity contribution < 1.29 is 14.2 Å². The number of nitrogens with one attached hydrogen (secondary N) is 2. The number of pyridine rings is 1. The molecule has 0 aliphatic carbocycles. The van der Waals surface area contributed by atoms with Gasteiger partial charge in [0.1, 0.15) is 17.1 Å². The van der Waals surface area contributed by atoms with Crippen LogP contribution in [0.15, 0.2) is 48.7 Å². The highest BCUT2D eigenvalue weighted by atomic mass is 19.1. The number of aliphatic hydroxyl groups excluding tert-OH is 1. The molecule has 1 saturated heterocycles. The summed E-state index contributed by atoms with van der Waals surface area (Å²) in [5, 5.41) is 15.4. The molecule has 1 fully saturated rings. The number of hydrogen-bond donors (Lipinski definition) is 3. The second kappa shape index (κ2) is 9.43. The Morgan fingerprint density at radius 1 is 1.24 bits per heavy atom. The number of aromatic amines is 1. The van der Waals surface area contributed by atoms with E-state index >= 15 is 0 Å². The zero-order valence-corrected chi connectivity index (χ0v) is 18.6. The molecule has 8 heteroatoms. The van der Waals surface area contributed by atoms with Crippen LogP contribution in [-0.2, 0) is 6.54 Å². The minimum absolute atomic E-state index is 0.303. The second-order valence-corrected chi connectivity index (χ2v) is 8.57. The molecule has 0 saturated carbocycles. The molecule has 1 aliphatic heterocycles. The third-order valence-electron chi connectivity index (χ3n) is 6.43. The minimum Gasteiger partial charge on any atom is -0.497 e. The van der Waals surface area contributed by atoms with E-state index in [1.54, 1.807) is 19.4 Å². The lowest BCUT2D eigenvalue weighted by Gasteiger charge is -2.33. The normalized spacial score (nSPS) is 16.5. The van der Waals surface area contributed by atoms with Gasteiger partial charge in [-0.25, -0.2) is 9.37 Å². The lowest BCUT2D eigenvalue weighted by Crippen LogP contribution is -2.43. The summed E-state index contributed by atoms with van der Waals surface area (Å²) < 4.78 is 19.2. The fourth-order valence-corrected chi connectivity index (χ4v) is 4.60. The molecule has 2 aromatic carbocycles. The molecule has 3 heterocycles. The number of β-amino-alcohol motifs (C(OH)–C–C–N with tert-alkyl or cyclic N) is 1. The van der Waals surface area contributed by atoms with Crippen LogP contribution in [0.25, 0.3) is 21.9 Å². The van der Waals surface area contributed by atoms with Crippen molar-refractivity contribution in [3.05, 3.63) is 65.9 Å². The van der Waals surface area contributed by atoms with E-state index in [1.807, 2.05) is 30.3 Å². The van der Waals surface area contributed by atoms with E-state index in [9.17, 15) is 9.50 Å². The van der Waals surface area contributed by atoms with Gasteiger partial charge in [-0.05, 0) is 67.9 Å². The molecule has 0 radical (unpaired) electrons. The molecular formula is C25H28FN5O2. The largest absolute Gasteiger partial charge is 0.497 e. The van der Waals surface area contributed by atoms with Gasteiger partial charge in [-0.1, -0.05) is 6.07 Å². The summed E-state index contributed by atoms with van der Waals surface area (Å²) in [6.45, 7) is 2.95. The topological polar surface area (TPSA) is 86.3 Å². The van der Waals surface area contributed by atoms with Gasteiger partial charge in [0.15, 0.2) is 5.82 Å². The molecule has 3 N–H and O–H groups in total. The number of methoxy groups -OCH3 is 1. The molecule has 1 atom stereocenters. The van der Waals surface area contributed by atoms with Crippen molar-refractivity contribution in [2.24, 2.45) is 0 Å². The number of halogens is 1. The molecule has 4 aromatic rings. The highest BCUT2D eigenvalue weighted by Crippen LogP contribution is 2.28. The number of likely N-dealkylation sites (tertiary alicyclic amines) is 1. The number of para-hydroxylation sites is 1. The molecular weight excluding hydrogens is 421 g/mol. The molecule has 0 spiro atoms. The van der Waals surface area contributed by atoms with Crippen molar-refractivity contribution >= 4 is 21.9 Å². The molecule has 0 unspecified atom stereocenters. The fraction of sp³-hybridized carbons (Fsp3) is 0.360. The summed E-state index contributed by atoms with van der Waals surface area (Å²) in [5.41, 5.74) is 2.83. The van der Waals surface area contributed by atoms with Crippen molar-refractivity contribution in [2.75, 3.05) is 26.7 Å². The third kappa shape index (κ3) is 4.68. The van der Waals surface area contributed by atoms with E-state index in [1.165, 1.54) is 6.07 Å². The standard InChI is InChI=1S/C25H28FN5O2/c1-33-17-5-6-21-19(13-17)18(7-10-27-21)23(32)15-31-11-8-16(9-12-31)28-14-24-29-22-4-2-3-20(26)25(22)30-24/h2-7,10,13,16,23,28,32H,8-9,11-12,14-15H2,1H3,(H,29,30)/t23-/m1/s1. The van der Waals surface area contributed by atoms with E-state index in [0.717, 1.165) is 59.5 Å². The smallest absolute Gasteiger partial charge is 0.151 e. The molecule has 0 bridgehead atoms. The Hall–Kier alpha value is -3.07. The maximum Gasteiger partial charge on any atom is 0.151 e. The number of aliphatic hydroxyl groups is 1. The number of nitrogens with zero attached hydrogens (tertiary/aromatic N) is 3. The van der Waals surface area contributed by atoms with E-state index in [4.69, 9.17) is 4.74 Å². The number of benzene rings is 2. The summed E-state index contributed by atoms with van der Waals surface area (Å²) in [6.07, 6.45) is 3.10. The first kappa shape index (κ1) is 21.8. The van der Waals surface area contributed by atoms with Crippen LogP contribution in [0.2, 0.25) is 0 Å². The average Bonchev–Trinajstić information content (AvgIpc) is 3.27. The first-order chi connectivity index (χ1) is 16.1. The highest BCUT2D eigenvalue weighted by molar-refractivity contribution is 5.83. The van der Waals surface area contributed by atoms with Gasteiger partial charge in [-0.2, -0.15) is 0 Å². The average molecular weight is 450 g/mol. The molecule has 33 heavy (non-hydrogen) atoms. The summed E-state index contributed by atoms with van der Waals surface area (Å²) in [5.74, 6) is 1.19. The predicted octanol–water partition coefficient (Wildman–Crippen LogP) is 3.55. The monoisotopic (exact) mass is 449 g/mol. The zero-order valence-electron chi connectivity index (χ0n) is 18.6. The summed E-state index contributed by atoms with van der Waals surface area (Å²) in [4.78, 5) is 14.3. The van der Waals surface area contributed by atoms with Gasteiger partial charge < -0.3 is 25.0 Å². The summed E-state index contributed by atoms with van der Waals surface area (Å²) in [6, 6.07) is 12.9. The number of fused-ring (bicyclic) bond motifs is 2. The van der Waals surface area contributed by atoms with Gasteiger partial charge in [-0.3, -0.25) is 4.98 Å². The lowest BCUT2D eigenvalue weighted by atomic mass is 10.0. The third-order valence-corrected chi connectivity index (χ3v) is 6.43. The Morgan fingerprint density at radius 3 is 2.88 bits per heavy atom. The quantitative estimate of drug-likeness (QED) is 0.400. The maximum atomic E-state index is 13.8. The van der Waals surface area contributed by atoms with Crippen LogP contribution in [0.4, 0.5) is 4.39 Å². The van der Waals surface area contributed by atoms with Gasteiger partial charge >= 0.3 is 0 Å². The van der Waals surface area contributed by atoms with Crippen LogP contribution in [0.3, 0.4) is 0 Å². The Kier molecular flexibility index (Phi) is 6.22. The molecule has 5 rings (SSSR count). The van der Waals surface area contributed by atoms with Crippen molar-refractivity contribution in [1.82, 2.24) is 25.2 Å². The fourth-order valence-electron chi connectivity index (χ4n) is 4.60. The van der Waals surface area contributed by atoms with Crippen LogP contribution < -0.4 is 10.1 Å². The lowest BCUT2D eigenvalue weighted by molar-refractivity contribution is 0.0948. The van der Waals surface area contributed by atoms with Crippen molar-refractivity contribution in [3.8, 4) is 5.75 Å². The number of ether oxygens (including phenoxy) is 1. The van der Waals surface area contributed by atoms with Gasteiger partial charge in [0.05, 0.1) is 30.8 Å². The molecule has 7 nitrogen and oxygen atoms in total. The SMILES string of the molecule is COc1ccc2nccc([C@H](O)CN3CCC(NCc4nc5c(F)cccc5[nH]4)CC3)c2c1. The second-order valence-electron chi connectivity index (χ2n) is 8.57. The van der Waals surface area contributed by atoms with Crippen LogP contribution in [-0.4, -0.2) is 57.7 Å². The zero-order chi connectivity index (χ0) is 22.8. The Morgan fingerprint density at radius 2 is 2.09 bits per heavy atom. The van der Waals surface area contributed by atoms with E-state index in [0.29, 0.717) is 24.6 Å². The first-order valence-corrected chi connectivity index (χ1v) is 11.3. The number of imidazole rings is 1. The Balaban J connectivity index is 1.16. The van der Waals surface area contributed by atoms with Gasteiger partial charge in [0, 0.05) is 24.2 Å². The highest BCUT2D eigenvalue weighted by Gasteiger charge is 2.22. The molecule has 0 amide bonds. The summed E-state index contributed by atoms with van der Waals surface area (Å²) >= 11 is 0. The van der Waals surface area contributed by atoms with E-state index < -0.39 is 6.10 Å². The number of aromatic nitrogens is 3. The van der Waals surface area contributed by atoms with Crippen LogP contribution in [0.5, 0.6) is 5.75 Å². The number of piperidine rings is 1. The first-order valence-electron chi connectivity index (χ1n) is 11.3. The molecule has 172 valence electrons.